The van der Waals surface area contributed by atoms with E-state index >= 15 is 0 Å². The number of aliphatic imine (C=N–C) groups is 1. The zero-order chi connectivity index (χ0) is 17.5. The molecule has 0 radical (unpaired) electrons. The Morgan fingerprint density at radius 1 is 1.28 bits per heavy atom. The molecule has 0 bridgehead atoms. The second kappa shape index (κ2) is 9.58. The summed E-state index contributed by atoms with van der Waals surface area (Å²) >= 11 is 1.88. The summed E-state index contributed by atoms with van der Waals surface area (Å²) in [5, 5.41) is 5.70. The summed E-state index contributed by atoms with van der Waals surface area (Å²) in [4.78, 5) is 11.6. The van der Waals surface area contributed by atoms with E-state index in [1.807, 2.05) is 11.3 Å². The Hall–Kier alpha value is -1.07. The van der Waals surface area contributed by atoms with E-state index in [1.165, 1.54) is 43.6 Å². The lowest BCUT2D eigenvalue weighted by Crippen LogP contribution is -2.46. The molecule has 2 saturated heterocycles. The van der Waals surface area contributed by atoms with Crippen molar-refractivity contribution in [2.24, 2.45) is 16.8 Å². The maximum Gasteiger partial charge on any atom is 0.193 e. The van der Waals surface area contributed by atoms with Gasteiger partial charge in [-0.1, -0.05) is 13.0 Å². The van der Waals surface area contributed by atoms with Crippen LogP contribution >= 0.6 is 11.3 Å². The molecule has 1 N–H and O–H groups in total. The molecule has 3 heterocycles. The molecule has 0 saturated carbocycles. The number of thiophene rings is 1. The topological polar surface area (TPSA) is 30.9 Å². The summed E-state index contributed by atoms with van der Waals surface area (Å²) in [5.41, 5.74) is 0. The predicted octanol–water partition coefficient (Wildman–Crippen LogP) is 3.66. The molecule has 0 amide bonds. The lowest BCUT2D eigenvalue weighted by molar-refractivity contribution is 0.172. The van der Waals surface area contributed by atoms with Crippen LogP contribution in [0.4, 0.5) is 0 Å². The first-order chi connectivity index (χ1) is 12.2. The van der Waals surface area contributed by atoms with Gasteiger partial charge in [-0.3, -0.25) is 9.89 Å². The Balaban J connectivity index is 1.52. The molecular weight excluding hydrogens is 328 g/mol. The van der Waals surface area contributed by atoms with Crippen LogP contribution in [0.15, 0.2) is 22.5 Å². The fourth-order valence-electron chi connectivity index (χ4n) is 3.93. The van der Waals surface area contributed by atoms with Gasteiger partial charge in [0.1, 0.15) is 0 Å². The van der Waals surface area contributed by atoms with E-state index in [4.69, 9.17) is 4.99 Å². The number of hydrogen-bond acceptors (Lipinski definition) is 3. The van der Waals surface area contributed by atoms with E-state index in [0.29, 0.717) is 5.92 Å². The van der Waals surface area contributed by atoms with Gasteiger partial charge in [-0.05, 0) is 62.4 Å². The number of guanidine groups is 1. The quantitative estimate of drug-likeness (QED) is 0.641. The number of piperidine rings is 2. The molecule has 1 aromatic heterocycles. The molecule has 25 heavy (non-hydrogen) atoms. The van der Waals surface area contributed by atoms with Gasteiger partial charge in [-0.25, -0.2) is 0 Å². The average molecular weight is 363 g/mol. The number of nitrogens with one attached hydrogen (secondary N) is 1. The van der Waals surface area contributed by atoms with Crippen LogP contribution in [0.2, 0.25) is 0 Å². The minimum absolute atomic E-state index is 0.700. The van der Waals surface area contributed by atoms with Gasteiger partial charge in [0, 0.05) is 44.1 Å². The standard InChI is InChI=1S/C20H34N4S/c1-3-21-20(24-11-8-17(2)9-12-24)22-14-18-6-4-10-23(15-18)16-19-7-5-13-25-19/h5,7,13,17-18H,3-4,6,8-12,14-16H2,1-2H3,(H,21,22). The molecule has 0 aliphatic carbocycles. The van der Waals surface area contributed by atoms with E-state index < -0.39 is 0 Å². The Morgan fingerprint density at radius 3 is 2.84 bits per heavy atom. The molecule has 5 heteroatoms. The van der Waals surface area contributed by atoms with E-state index in [2.05, 4.69) is 46.5 Å². The molecule has 0 spiro atoms. The summed E-state index contributed by atoms with van der Waals surface area (Å²) in [7, 11) is 0. The summed E-state index contributed by atoms with van der Waals surface area (Å²) in [5.74, 6) is 2.71. The van der Waals surface area contributed by atoms with Crippen LogP contribution in [0.1, 0.15) is 44.4 Å². The fraction of sp³-hybridized carbons (Fsp3) is 0.750. The third kappa shape index (κ3) is 5.71. The molecule has 1 unspecified atom stereocenters. The van der Waals surface area contributed by atoms with Crippen LogP contribution < -0.4 is 5.32 Å². The normalized spacial score (nSPS) is 23.8. The number of likely N-dealkylation sites (tertiary alicyclic amines) is 2. The molecular formula is C20H34N4S. The molecule has 3 rings (SSSR count). The number of nitrogens with zero attached hydrogens (tertiary/aromatic N) is 3. The lowest BCUT2D eigenvalue weighted by atomic mass is 9.98. The van der Waals surface area contributed by atoms with Gasteiger partial charge in [0.25, 0.3) is 0 Å². The summed E-state index contributed by atoms with van der Waals surface area (Å²) in [6, 6.07) is 4.42. The maximum atomic E-state index is 5.02. The third-order valence-electron chi connectivity index (χ3n) is 5.48. The molecule has 140 valence electrons. The summed E-state index contributed by atoms with van der Waals surface area (Å²) in [6.07, 6.45) is 5.22. The summed E-state index contributed by atoms with van der Waals surface area (Å²) < 4.78 is 0. The van der Waals surface area contributed by atoms with E-state index in [0.717, 1.165) is 44.6 Å². The highest BCUT2D eigenvalue weighted by molar-refractivity contribution is 7.09. The van der Waals surface area contributed by atoms with E-state index in [-0.39, 0.29) is 0 Å². The second-order valence-corrected chi connectivity index (χ2v) is 8.72. The van der Waals surface area contributed by atoms with Crippen molar-refractivity contribution in [1.82, 2.24) is 15.1 Å². The van der Waals surface area contributed by atoms with Gasteiger partial charge in [-0.2, -0.15) is 0 Å². The first-order valence-corrected chi connectivity index (χ1v) is 10.9. The Morgan fingerprint density at radius 2 is 2.12 bits per heavy atom. The lowest BCUT2D eigenvalue weighted by Gasteiger charge is -2.34. The molecule has 1 aromatic rings. The minimum Gasteiger partial charge on any atom is -0.357 e. The van der Waals surface area contributed by atoms with Crippen molar-refractivity contribution >= 4 is 17.3 Å². The third-order valence-corrected chi connectivity index (χ3v) is 6.34. The van der Waals surface area contributed by atoms with Gasteiger partial charge < -0.3 is 10.2 Å². The molecule has 1 atom stereocenters. The monoisotopic (exact) mass is 362 g/mol. The highest BCUT2D eigenvalue weighted by atomic mass is 32.1. The van der Waals surface area contributed by atoms with Gasteiger partial charge >= 0.3 is 0 Å². The molecule has 0 aromatic carbocycles. The van der Waals surface area contributed by atoms with Gasteiger partial charge in [0.05, 0.1) is 0 Å². The van der Waals surface area contributed by atoms with Crippen LogP contribution in [0.5, 0.6) is 0 Å². The SMILES string of the molecule is CCNC(=NCC1CCCN(Cc2cccs2)C1)N1CCC(C)CC1. The van der Waals surface area contributed by atoms with E-state index in [9.17, 15) is 0 Å². The van der Waals surface area contributed by atoms with Crippen molar-refractivity contribution in [3.8, 4) is 0 Å². The predicted molar refractivity (Wildman–Crippen MR) is 108 cm³/mol. The smallest absolute Gasteiger partial charge is 0.193 e. The van der Waals surface area contributed by atoms with E-state index in [1.54, 1.807) is 0 Å². The first kappa shape index (κ1) is 18.7. The maximum absolute atomic E-state index is 5.02. The largest absolute Gasteiger partial charge is 0.357 e. The van der Waals surface area contributed by atoms with Crippen molar-refractivity contribution in [3.63, 3.8) is 0 Å². The zero-order valence-electron chi connectivity index (χ0n) is 15.9. The molecule has 4 nitrogen and oxygen atoms in total. The highest BCUT2D eigenvalue weighted by Gasteiger charge is 2.22. The van der Waals surface area contributed by atoms with Crippen LogP contribution in [0, 0.1) is 11.8 Å². The molecule has 2 aliphatic heterocycles. The highest BCUT2D eigenvalue weighted by Crippen LogP contribution is 2.21. The van der Waals surface area contributed by atoms with Gasteiger partial charge in [0.2, 0.25) is 0 Å². The fourth-order valence-corrected chi connectivity index (χ4v) is 4.67. The van der Waals surface area contributed by atoms with Crippen molar-refractivity contribution < 1.29 is 0 Å². The Kier molecular flexibility index (Phi) is 7.17. The molecule has 2 aliphatic rings. The van der Waals surface area contributed by atoms with Crippen LogP contribution in [0.3, 0.4) is 0 Å². The average Bonchev–Trinajstić information content (AvgIpc) is 3.13. The number of rotatable bonds is 5. The Labute approximate surface area is 157 Å². The second-order valence-electron chi connectivity index (χ2n) is 7.69. The Bertz CT molecular complexity index is 520. The van der Waals surface area contributed by atoms with Gasteiger partial charge in [-0.15, -0.1) is 11.3 Å². The van der Waals surface area contributed by atoms with Crippen molar-refractivity contribution in [3.05, 3.63) is 22.4 Å². The zero-order valence-corrected chi connectivity index (χ0v) is 16.7. The van der Waals surface area contributed by atoms with Crippen LogP contribution in [-0.2, 0) is 6.54 Å². The van der Waals surface area contributed by atoms with Crippen molar-refractivity contribution in [2.75, 3.05) is 39.3 Å². The van der Waals surface area contributed by atoms with Crippen molar-refractivity contribution in [2.45, 2.75) is 46.1 Å². The van der Waals surface area contributed by atoms with Crippen LogP contribution in [-0.4, -0.2) is 55.0 Å². The number of hydrogen-bond donors (Lipinski definition) is 1. The molecule has 2 fully saturated rings. The van der Waals surface area contributed by atoms with Gasteiger partial charge in [0.15, 0.2) is 5.96 Å². The van der Waals surface area contributed by atoms with Crippen LogP contribution in [0.25, 0.3) is 0 Å². The first-order valence-electron chi connectivity index (χ1n) is 10.0. The van der Waals surface area contributed by atoms with Crippen molar-refractivity contribution in [1.29, 1.82) is 0 Å². The summed E-state index contributed by atoms with van der Waals surface area (Å²) in [6.45, 7) is 12.3. The minimum atomic E-state index is 0.700.